The number of benzene rings is 2. The van der Waals surface area contributed by atoms with Crippen LogP contribution >= 0.6 is 0 Å². The van der Waals surface area contributed by atoms with Gasteiger partial charge in [0.25, 0.3) is 0 Å². The van der Waals surface area contributed by atoms with E-state index in [0.717, 1.165) is 11.1 Å². The first kappa shape index (κ1) is 20.6. The molecule has 2 N–H and O–H groups in total. The van der Waals surface area contributed by atoms with E-state index in [1.165, 1.54) is 6.26 Å². The van der Waals surface area contributed by atoms with Crippen molar-refractivity contribution in [2.75, 3.05) is 27.5 Å². The van der Waals surface area contributed by atoms with Crippen LogP contribution < -0.4 is 20.1 Å². The Morgan fingerprint density at radius 1 is 0.926 bits per heavy atom. The number of nitrogens with one attached hydrogen (secondary N) is 2. The maximum absolute atomic E-state index is 11.5. The molecule has 2 aromatic carbocycles. The molecule has 2 aromatic rings. The molecule has 7 nitrogen and oxygen atoms in total. The van der Waals surface area contributed by atoms with Gasteiger partial charge in [0, 0.05) is 26.4 Å². The van der Waals surface area contributed by atoms with Crippen molar-refractivity contribution in [3.8, 4) is 11.5 Å². The van der Waals surface area contributed by atoms with Crippen molar-refractivity contribution < 1.29 is 17.9 Å². The number of guanidine groups is 1. The molecule has 0 unspecified atom stereocenters. The monoisotopic (exact) mass is 391 g/mol. The van der Waals surface area contributed by atoms with Crippen LogP contribution in [0.3, 0.4) is 0 Å². The zero-order valence-electron chi connectivity index (χ0n) is 15.9. The molecule has 27 heavy (non-hydrogen) atoms. The van der Waals surface area contributed by atoms with Gasteiger partial charge in [0.15, 0.2) is 27.3 Å². The molecule has 0 aromatic heterocycles. The van der Waals surface area contributed by atoms with Crippen LogP contribution in [0.1, 0.15) is 11.1 Å². The molecule has 0 spiro atoms. The van der Waals surface area contributed by atoms with E-state index in [0.29, 0.717) is 35.4 Å². The summed E-state index contributed by atoms with van der Waals surface area (Å²) in [6.45, 7) is 1.09. The fourth-order valence-corrected chi connectivity index (χ4v) is 3.07. The van der Waals surface area contributed by atoms with E-state index in [1.54, 1.807) is 45.5 Å². The first-order chi connectivity index (χ1) is 12.9. The number of sulfone groups is 1. The van der Waals surface area contributed by atoms with Crippen molar-refractivity contribution >= 4 is 15.8 Å². The van der Waals surface area contributed by atoms with Crippen molar-refractivity contribution in [1.82, 2.24) is 10.6 Å². The van der Waals surface area contributed by atoms with Crippen LogP contribution in [0.4, 0.5) is 0 Å². The van der Waals surface area contributed by atoms with Crippen molar-refractivity contribution in [1.29, 1.82) is 0 Å². The molecular weight excluding hydrogens is 366 g/mol. The average Bonchev–Trinajstić information content (AvgIpc) is 2.67. The summed E-state index contributed by atoms with van der Waals surface area (Å²) in [6, 6.07) is 12.5. The Hall–Kier alpha value is -2.74. The van der Waals surface area contributed by atoms with E-state index in [9.17, 15) is 8.42 Å². The van der Waals surface area contributed by atoms with Gasteiger partial charge in [-0.1, -0.05) is 18.2 Å². The Labute approximate surface area is 160 Å². The normalized spacial score (nSPS) is 11.8. The number of hydrogen-bond donors (Lipinski definition) is 2. The lowest BCUT2D eigenvalue weighted by Gasteiger charge is -2.14. The summed E-state index contributed by atoms with van der Waals surface area (Å²) in [4.78, 5) is 4.50. The molecule has 0 amide bonds. The number of rotatable bonds is 7. The molecule has 146 valence electrons. The van der Waals surface area contributed by atoms with Gasteiger partial charge >= 0.3 is 0 Å². The van der Waals surface area contributed by atoms with Crippen LogP contribution in [0.15, 0.2) is 52.4 Å². The molecule has 0 radical (unpaired) electrons. The first-order valence-electron chi connectivity index (χ1n) is 8.31. The lowest BCUT2D eigenvalue weighted by atomic mass is 10.2. The second-order valence-electron chi connectivity index (χ2n) is 5.88. The molecule has 0 atom stereocenters. The van der Waals surface area contributed by atoms with Crippen molar-refractivity contribution in [2.24, 2.45) is 4.99 Å². The second-order valence-corrected chi connectivity index (χ2v) is 7.90. The zero-order valence-corrected chi connectivity index (χ0v) is 16.8. The fraction of sp³-hybridized carbons (Fsp3) is 0.316. The number of methoxy groups -OCH3 is 2. The van der Waals surface area contributed by atoms with Crippen LogP contribution in [-0.4, -0.2) is 41.9 Å². The molecule has 0 bridgehead atoms. The summed E-state index contributed by atoms with van der Waals surface area (Å²) in [5.41, 5.74) is 1.98. The van der Waals surface area contributed by atoms with Crippen LogP contribution in [-0.2, 0) is 22.9 Å². The molecular formula is C19H25N3O4S. The average molecular weight is 391 g/mol. The molecule has 8 heteroatoms. The Balaban J connectivity index is 1.93. The standard InChI is InChI=1S/C19H25N3O4S/c1-20-19(21-12-14-5-8-16(9-6-14)27(4,23)24)22-13-15-7-10-17(25-2)18(11-15)26-3/h5-11H,12-13H2,1-4H3,(H2,20,21,22). The van der Waals surface area contributed by atoms with E-state index in [4.69, 9.17) is 9.47 Å². The highest BCUT2D eigenvalue weighted by atomic mass is 32.2. The molecule has 2 rings (SSSR count). The fourth-order valence-electron chi connectivity index (χ4n) is 2.44. The summed E-state index contributed by atoms with van der Waals surface area (Å²) in [5, 5.41) is 6.43. The third-order valence-corrected chi connectivity index (χ3v) is 5.07. The Kier molecular flexibility index (Phi) is 7.06. The van der Waals surface area contributed by atoms with Crippen LogP contribution in [0.2, 0.25) is 0 Å². The SMILES string of the molecule is CN=C(NCc1ccc(S(C)(=O)=O)cc1)NCc1ccc(OC)c(OC)c1. The van der Waals surface area contributed by atoms with E-state index in [1.807, 2.05) is 18.2 Å². The third kappa shape index (κ3) is 5.89. The van der Waals surface area contributed by atoms with E-state index >= 15 is 0 Å². The summed E-state index contributed by atoms with van der Waals surface area (Å²) in [6.07, 6.45) is 1.19. The minimum absolute atomic E-state index is 0.308. The van der Waals surface area contributed by atoms with Gasteiger partial charge in [-0.15, -0.1) is 0 Å². The summed E-state index contributed by atoms with van der Waals surface area (Å²) < 4.78 is 33.5. The topological polar surface area (TPSA) is 89.0 Å². The van der Waals surface area contributed by atoms with Gasteiger partial charge < -0.3 is 20.1 Å². The molecule has 0 aliphatic carbocycles. The van der Waals surface area contributed by atoms with Gasteiger partial charge in [-0.25, -0.2) is 8.42 Å². The number of aliphatic imine (C=N–C) groups is 1. The van der Waals surface area contributed by atoms with Crippen molar-refractivity contribution in [3.63, 3.8) is 0 Å². The van der Waals surface area contributed by atoms with Crippen LogP contribution in [0, 0.1) is 0 Å². The predicted molar refractivity (Wildman–Crippen MR) is 106 cm³/mol. The summed E-state index contributed by atoms with van der Waals surface area (Å²) in [7, 11) is 1.71. The van der Waals surface area contributed by atoms with E-state index in [2.05, 4.69) is 15.6 Å². The Morgan fingerprint density at radius 2 is 1.48 bits per heavy atom. The largest absolute Gasteiger partial charge is 0.493 e. The zero-order chi connectivity index (χ0) is 19.9. The van der Waals surface area contributed by atoms with E-state index < -0.39 is 9.84 Å². The van der Waals surface area contributed by atoms with Crippen LogP contribution in [0.5, 0.6) is 11.5 Å². The van der Waals surface area contributed by atoms with Gasteiger partial charge in [0.2, 0.25) is 0 Å². The number of ether oxygens (including phenoxy) is 2. The minimum atomic E-state index is -3.18. The molecule has 0 aliphatic heterocycles. The Morgan fingerprint density at radius 3 is 2.00 bits per heavy atom. The quantitative estimate of drug-likeness (QED) is 0.554. The van der Waals surface area contributed by atoms with E-state index in [-0.39, 0.29) is 0 Å². The second kappa shape index (κ2) is 9.27. The first-order valence-corrected chi connectivity index (χ1v) is 10.2. The Bertz CT molecular complexity index is 894. The minimum Gasteiger partial charge on any atom is -0.493 e. The smallest absolute Gasteiger partial charge is 0.191 e. The van der Waals surface area contributed by atoms with Gasteiger partial charge in [-0.3, -0.25) is 4.99 Å². The van der Waals surface area contributed by atoms with Gasteiger partial charge in [-0.05, 0) is 35.4 Å². The van der Waals surface area contributed by atoms with Crippen molar-refractivity contribution in [3.05, 3.63) is 53.6 Å². The number of nitrogens with zero attached hydrogens (tertiary/aromatic N) is 1. The molecule has 0 heterocycles. The lowest BCUT2D eigenvalue weighted by molar-refractivity contribution is 0.354. The molecule has 0 fully saturated rings. The maximum Gasteiger partial charge on any atom is 0.191 e. The predicted octanol–water partition coefficient (Wildman–Crippen LogP) is 1.97. The highest BCUT2D eigenvalue weighted by Gasteiger charge is 2.07. The van der Waals surface area contributed by atoms with Gasteiger partial charge in [0.05, 0.1) is 19.1 Å². The van der Waals surface area contributed by atoms with Gasteiger partial charge in [0.1, 0.15) is 0 Å². The van der Waals surface area contributed by atoms with Crippen LogP contribution in [0.25, 0.3) is 0 Å². The highest BCUT2D eigenvalue weighted by Crippen LogP contribution is 2.27. The maximum atomic E-state index is 11.5. The summed E-state index contributed by atoms with van der Waals surface area (Å²) in [5.74, 6) is 1.99. The summed E-state index contributed by atoms with van der Waals surface area (Å²) >= 11 is 0. The molecule has 0 aliphatic rings. The number of hydrogen-bond acceptors (Lipinski definition) is 5. The third-order valence-electron chi connectivity index (χ3n) is 3.94. The van der Waals surface area contributed by atoms with Crippen molar-refractivity contribution in [2.45, 2.75) is 18.0 Å². The van der Waals surface area contributed by atoms with Gasteiger partial charge in [-0.2, -0.15) is 0 Å². The lowest BCUT2D eigenvalue weighted by Crippen LogP contribution is -2.36. The molecule has 0 saturated heterocycles. The molecule has 0 saturated carbocycles. The highest BCUT2D eigenvalue weighted by molar-refractivity contribution is 7.90.